The average Bonchev–Trinajstić information content (AvgIpc) is 2.78. The molecule has 3 aromatic rings. The minimum atomic E-state index is -4.69. The molecule has 0 saturated heterocycles. The van der Waals surface area contributed by atoms with E-state index in [2.05, 4.69) is 0 Å². The Kier molecular flexibility index (Phi) is 7.90. The van der Waals surface area contributed by atoms with Crippen molar-refractivity contribution in [2.75, 3.05) is 6.54 Å². The summed E-state index contributed by atoms with van der Waals surface area (Å²) in [6.45, 7) is 6.50. The molecule has 0 aliphatic carbocycles. The van der Waals surface area contributed by atoms with Crippen LogP contribution in [0.25, 0.3) is 0 Å². The molecule has 186 valence electrons. The van der Waals surface area contributed by atoms with Crippen molar-refractivity contribution in [2.24, 2.45) is 5.92 Å². The average molecular weight is 506 g/mol. The summed E-state index contributed by atoms with van der Waals surface area (Å²) in [5.41, 5.74) is 0.947. The first-order chi connectivity index (χ1) is 16.4. The van der Waals surface area contributed by atoms with E-state index in [1.807, 2.05) is 32.9 Å². The standard InChI is InChI=1S/C26H26F3NO4S/c1-18(2)16-30(25(31)24-13-5-4-8-19(24)3)17-20-9-6-11-22(14-20)34-35(32,33)23-12-7-10-21(15-23)26(27,28)29/h4-15,18H,16-17H2,1-3H3. The largest absolute Gasteiger partial charge is 0.416 e. The quantitative estimate of drug-likeness (QED) is 0.348. The van der Waals surface area contributed by atoms with Crippen molar-refractivity contribution in [1.29, 1.82) is 0 Å². The highest BCUT2D eigenvalue weighted by atomic mass is 32.2. The van der Waals surface area contributed by atoms with E-state index in [-0.39, 0.29) is 24.1 Å². The summed E-state index contributed by atoms with van der Waals surface area (Å²) in [6.07, 6.45) is -4.69. The van der Waals surface area contributed by atoms with Crippen molar-refractivity contribution in [3.8, 4) is 5.75 Å². The summed E-state index contributed by atoms with van der Waals surface area (Å²) in [5.74, 6) is -0.0313. The van der Waals surface area contributed by atoms with Crippen LogP contribution in [0, 0.1) is 12.8 Å². The fraction of sp³-hybridized carbons (Fsp3) is 0.269. The van der Waals surface area contributed by atoms with E-state index in [1.165, 1.54) is 12.1 Å². The van der Waals surface area contributed by atoms with E-state index in [4.69, 9.17) is 4.18 Å². The Bertz CT molecular complexity index is 1300. The number of benzene rings is 3. The van der Waals surface area contributed by atoms with Crippen LogP contribution in [-0.2, 0) is 22.8 Å². The van der Waals surface area contributed by atoms with Crippen LogP contribution < -0.4 is 4.18 Å². The van der Waals surface area contributed by atoms with Gasteiger partial charge < -0.3 is 9.08 Å². The fourth-order valence-corrected chi connectivity index (χ4v) is 4.53. The van der Waals surface area contributed by atoms with Crippen molar-refractivity contribution < 1.29 is 30.6 Å². The molecule has 0 spiro atoms. The van der Waals surface area contributed by atoms with E-state index in [1.54, 1.807) is 29.2 Å². The van der Waals surface area contributed by atoms with Crippen LogP contribution in [0.2, 0.25) is 0 Å². The summed E-state index contributed by atoms with van der Waals surface area (Å²) in [6, 6.07) is 16.8. The van der Waals surface area contributed by atoms with Crippen molar-refractivity contribution in [2.45, 2.75) is 38.4 Å². The molecule has 0 aliphatic heterocycles. The Morgan fingerprint density at radius 3 is 2.31 bits per heavy atom. The van der Waals surface area contributed by atoms with Gasteiger partial charge in [0, 0.05) is 18.7 Å². The van der Waals surface area contributed by atoms with Crippen LogP contribution in [0.15, 0.2) is 77.7 Å². The number of halogens is 3. The predicted octanol–water partition coefficient (Wildman–Crippen LogP) is 6.08. The highest BCUT2D eigenvalue weighted by Gasteiger charge is 2.32. The third-order valence-electron chi connectivity index (χ3n) is 5.18. The summed E-state index contributed by atoms with van der Waals surface area (Å²) in [7, 11) is -4.51. The number of nitrogens with zero attached hydrogens (tertiary/aromatic N) is 1. The highest BCUT2D eigenvalue weighted by molar-refractivity contribution is 7.87. The molecular weight excluding hydrogens is 479 g/mol. The molecule has 0 bridgehead atoms. The Morgan fingerprint density at radius 2 is 1.66 bits per heavy atom. The van der Waals surface area contributed by atoms with Gasteiger partial charge in [0.25, 0.3) is 5.91 Å². The van der Waals surface area contributed by atoms with Gasteiger partial charge in [-0.1, -0.05) is 50.2 Å². The Hall–Kier alpha value is -3.33. The number of hydrogen-bond donors (Lipinski definition) is 0. The lowest BCUT2D eigenvalue weighted by atomic mass is 10.1. The van der Waals surface area contributed by atoms with Crippen molar-refractivity contribution in [3.63, 3.8) is 0 Å². The molecule has 5 nitrogen and oxygen atoms in total. The molecule has 35 heavy (non-hydrogen) atoms. The highest BCUT2D eigenvalue weighted by Crippen LogP contribution is 2.31. The molecule has 0 aliphatic rings. The molecule has 3 rings (SSSR count). The number of aryl methyl sites for hydroxylation is 1. The van der Waals surface area contributed by atoms with E-state index < -0.39 is 26.8 Å². The zero-order valence-corrected chi connectivity index (χ0v) is 20.4. The molecule has 0 atom stereocenters. The second-order valence-corrected chi connectivity index (χ2v) is 10.2. The van der Waals surface area contributed by atoms with Gasteiger partial charge >= 0.3 is 16.3 Å². The van der Waals surface area contributed by atoms with Crippen LogP contribution in [-0.4, -0.2) is 25.8 Å². The lowest BCUT2D eigenvalue weighted by Gasteiger charge is -2.25. The van der Waals surface area contributed by atoms with Crippen molar-refractivity contribution >= 4 is 16.0 Å². The number of carbonyl (C=O) groups excluding carboxylic acids is 1. The first-order valence-corrected chi connectivity index (χ1v) is 12.3. The molecule has 0 aromatic heterocycles. The van der Waals surface area contributed by atoms with Gasteiger partial charge in [0.2, 0.25) is 0 Å². The second-order valence-electron chi connectivity index (χ2n) is 8.60. The minimum Gasteiger partial charge on any atom is -0.379 e. The first kappa shape index (κ1) is 26.3. The zero-order chi connectivity index (χ0) is 25.8. The molecule has 9 heteroatoms. The van der Waals surface area contributed by atoms with Crippen molar-refractivity contribution in [1.82, 2.24) is 4.90 Å². The summed E-state index contributed by atoms with van der Waals surface area (Å²) < 4.78 is 69.4. The van der Waals surface area contributed by atoms with Gasteiger partial charge in [-0.05, 0) is 60.4 Å². The fourth-order valence-electron chi connectivity index (χ4n) is 3.56. The monoisotopic (exact) mass is 505 g/mol. The van der Waals surface area contributed by atoms with E-state index >= 15 is 0 Å². The Labute approximate surface area is 203 Å². The Balaban J connectivity index is 1.84. The minimum absolute atomic E-state index is 0.0623. The van der Waals surface area contributed by atoms with Gasteiger partial charge in [0.15, 0.2) is 0 Å². The summed E-state index contributed by atoms with van der Waals surface area (Å²) in [5, 5.41) is 0. The first-order valence-electron chi connectivity index (χ1n) is 10.9. The molecule has 0 fully saturated rings. The van der Waals surface area contributed by atoms with Gasteiger partial charge in [-0.25, -0.2) is 0 Å². The lowest BCUT2D eigenvalue weighted by molar-refractivity contribution is -0.137. The van der Waals surface area contributed by atoms with Crippen LogP contribution in [0.5, 0.6) is 5.75 Å². The number of carbonyl (C=O) groups is 1. The van der Waals surface area contributed by atoms with Gasteiger partial charge in [0.1, 0.15) is 10.6 Å². The Morgan fingerprint density at radius 1 is 0.971 bits per heavy atom. The maximum absolute atomic E-state index is 13.2. The topological polar surface area (TPSA) is 63.7 Å². The van der Waals surface area contributed by atoms with E-state index in [9.17, 15) is 26.4 Å². The molecule has 0 heterocycles. The van der Waals surface area contributed by atoms with E-state index in [0.717, 1.165) is 23.8 Å². The molecular formula is C26H26F3NO4S. The van der Waals surface area contributed by atoms with Crippen molar-refractivity contribution in [3.05, 3.63) is 95.1 Å². The molecule has 0 saturated carbocycles. The second kappa shape index (κ2) is 10.5. The van der Waals surface area contributed by atoms with Crippen LogP contribution in [0.4, 0.5) is 13.2 Å². The van der Waals surface area contributed by atoms with Crippen LogP contribution in [0.1, 0.15) is 40.9 Å². The maximum Gasteiger partial charge on any atom is 0.416 e. The SMILES string of the molecule is Cc1ccccc1C(=O)N(Cc1cccc(OS(=O)(=O)c2cccc(C(F)(F)F)c2)c1)CC(C)C. The predicted molar refractivity (Wildman–Crippen MR) is 126 cm³/mol. The van der Waals surface area contributed by atoms with Gasteiger partial charge in [0.05, 0.1) is 5.56 Å². The van der Waals surface area contributed by atoms with Crippen LogP contribution in [0.3, 0.4) is 0 Å². The number of alkyl halides is 3. The van der Waals surface area contributed by atoms with Gasteiger partial charge in [-0.2, -0.15) is 21.6 Å². The lowest BCUT2D eigenvalue weighted by Crippen LogP contribution is -2.34. The normalized spacial score (nSPS) is 12.0. The third-order valence-corrected chi connectivity index (χ3v) is 6.42. The van der Waals surface area contributed by atoms with Gasteiger partial charge in [-0.15, -0.1) is 0 Å². The summed E-state index contributed by atoms with van der Waals surface area (Å²) >= 11 is 0. The van der Waals surface area contributed by atoms with Crippen LogP contribution >= 0.6 is 0 Å². The number of rotatable bonds is 8. The zero-order valence-electron chi connectivity index (χ0n) is 19.5. The van der Waals surface area contributed by atoms with Gasteiger partial charge in [-0.3, -0.25) is 4.79 Å². The molecule has 0 radical (unpaired) electrons. The summed E-state index contributed by atoms with van der Waals surface area (Å²) in [4.78, 5) is 14.3. The van der Waals surface area contributed by atoms with E-state index in [0.29, 0.717) is 23.7 Å². The maximum atomic E-state index is 13.2. The molecule has 0 N–H and O–H groups in total. The molecule has 0 unspecified atom stereocenters. The molecule has 3 aromatic carbocycles. The smallest absolute Gasteiger partial charge is 0.379 e. The molecule has 1 amide bonds. The number of amides is 1. The third kappa shape index (κ3) is 6.85. The number of hydrogen-bond acceptors (Lipinski definition) is 4.